The summed E-state index contributed by atoms with van der Waals surface area (Å²) in [4.78, 5) is 2.19. The maximum Gasteiger partial charge on any atom is 0.0773 e. The lowest BCUT2D eigenvalue weighted by Crippen LogP contribution is -1.93. The smallest absolute Gasteiger partial charge is 0.0773 e. The van der Waals surface area contributed by atoms with Crippen LogP contribution in [0.4, 0.5) is 0 Å². The van der Waals surface area contributed by atoms with Crippen LogP contribution in [0.2, 0.25) is 5.02 Å². The quantitative estimate of drug-likeness (QED) is 0.878. The molecule has 0 heterocycles. The van der Waals surface area contributed by atoms with E-state index in [0.29, 0.717) is 5.02 Å². The number of aliphatic hydroxyl groups excluding tert-OH is 1. The van der Waals surface area contributed by atoms with Crippen molar-refractivity contribution in [2.24, 2.45) is 0 Å². The molecular formula is C14H13ClOS. The minimum absolute atomic E-state index is 0.514. The Morgan fingerprint density at radius 1 is 1.12 bits per heavy atom. The van der Waals surface area contributed by atoms with Crippen molar-refractivity contribution in [3.8, 4) is 0 Å². The van der Waals surface area contributed by atoms with E-state index in [-0.39, 0.29) is 0 Å². The van der Waals surface area contributed by atoms with Crippen LogP contribution in [0, 0.1) is 0 Å². The van der Waals surface area contributed by atoms with Crippen LogP contribution in [0.5, 0.6) is 0 Å². The van der Waals surface area contributed by atoms with Crippen molar-refractivity contribution >= 4 is 23.4 Å². The summed E-state index contributed by atoms with van der Waals surface area (Å²) in [5.74, 6) is 0. The molecule has 0 bridgehead atoms. The van der Waals surface area contributed by atoms with Crippen LogP contribution in [-0.4, -0.2) is 5.11 Å². The van der Waals surface area contributed by atoms with Gasteiger partial charge in [-0.2, -0.15) is 0 Å². The van der Waals surface area contributed by atoms with E-state index in [9.17, 15) is 5.11 Å². The Balaban J connectivity index is 2.33. The number of benzene rings is 2. The summed E-state index contributed by atoms with van der Waals surface area (Å²) in [6.07, 6.45) is -0.514. The molecule has 0 saturated carbocycles. The number of aliphatic hydroxyl groups is 1. The van der Waals surface area contributed by atoms with E-state index in [1.165, 1.54) is 0 Å². The summed E-state index contributed by atoms with van der Waals surface area (Å²) in [7, 11) is 0. The second-order valence-electron chi connectivity index (χ2n) is 3.77. The SMILES string of the molecule is CC(O)c1cc(Cl)ccc1Sc1ccccc1. The lowest BCUT2D eigenvalue weighted by atomic mass is 10.1. The lowest BCUT2D eigenvalue weighted by molar-refractivity contribution is 0.196. The molecule has 1 N–H and O–H groups in total. The highest BCUT2D eigenvalue weighted by Crippen LogP contribution is 2.34. The Labute approximate surface area is 110 Å². The van der Waals surface area contributed by atoms with Gasteiger partial charge >= 0.3 is 0 Å². The van der Waals surface area contributed by atoms with Gasteiger partial charge < -0.3 is 5.11 Å². The molecule has 1 unspecified atom stereocenters. The monoisotopic (exact) mass is 264 g/mol. The van der Waals surface area contributed by atoms with Gasteiger partial charge in [0.2, 0.25) is 0 Å². The van der Waals surface area contributed by atoms with E-state index in [0.717, 1.165) is 15.4 Å². The van der Waals surface area contributed by atoms with Crippen molar-refractivity contribution < 1.29 is 5.11 Å². The van der Waals surface area contributed by atoms with Crippen molar-refractivity contribution in [3.63, 3.8) is 0 Å². The van der Waals surface area contributed by atoms with Crippen LogP contribution in [0.3, 0.4) is 0 Å². The topological polar surface area (TPSA) is 20.2 Å². The first-order valence-electron chi connectivity index (χ1n) is 5.37. The average molecular weight is 265 g/mol. The van der Waals surface area contributed by atoms with Gasteiger partial charge in [-0.1, -0.05) is 41.6 Å². The van der Waals surface area contributed by atoms with Gasteiger partial charge in [0, 0.05) is 14.8 Å². The number of hydrogen-bond donors (Lipinski definition) is 1. The summed E-state index contributed by atoms with van der Waals surface area (Å²) < 4.78 is 0. The molecule has 0 aliphatic rings. The van der Waals surface area contributed by atoms with Gasteiger partial charge in [-0.15, -0.1) is 0 Å². The van der Waals surface area contributed by atoms with Crippen LogP contribution in [0.15, 0.2) is 58.3 Å². The molecule has 1 nitrogen and oxygen atoms in total. The first-order chi connectivity index (χ1) is 8.16. The van der Waals surface area contributed by atoms with Crippen LogP contribution in [0.25, 0.3) is 0 Å². The van der Waals surface area contributed by atoms with E-state index in [2.05, 4.69) is 0 Å². The van der Waals surface area contributed by atoms with E-state index in [4.69, 9.17) is 11.6 Å². The molecule has 0 aliphatic carbocycles. The zero-order valence-corrected chi connectivity index (χ0v) is 11.0. The molecule has 1 atom stereocenters. The molecule has 3 heteroatoms. The van der Waals surface area contributed by atoms with Crippen molar-refractivity contribution in [2.75, 3.05) is 0 Å². The maximum absolute atomic E-state index is 9.74. The molecule has 0 radical (unpaired) electrons. The molecule has 0 amide bonds. The number of halogens is 1. The van der Waals surface area contributed by atoms with Gasteiger partial charge in [0.15, 0.2) is 0 Å². The predicted octanol–water partition coefficient (Wildman–Crippen LogP) is 4.54. The molecule has 88 valence electrons. The van der Waals surface area contributed by atoms with Crippen LogP contribution in [-0.2, 0) is 0 Å². The van der Waals surface area contributed by atoms with Crippen molar-refractivity contribution in [1.82, 2.24) is 0 Å². The molecule has 0 aromatic heterocycles. The zero-order chi connectivity index (χ0) is 12.3. The first-order valence-corrected chi connectivity index (χ1v) is 6.56. The Hall–Kier alpha value is -0.960. The second-order valence-corrected chi connectivity index (χ2v) is 5.33. The highest BCUT2D eigenvalue weighted by Gasteiger charge is 2.09. The zero-order valence-electron chi connectivity index (χ0n) is 9.43. The lowest BCUT2D eigenvalue weighted by Gasteiger charge is -2.12. The third kappa shape index (κ3) is 3.25. The summed E-state index contributed by atoms with van der Waals surface area (Å²) in [5, 5.41) is 10.4. The highest BCUT2D eigenvalue weighted by molar-refractivity contribution is 7.99. The average Bonchev–Trinajstić information content (AvgIpc) is 2.32. The normalized spacial score (nSPS) is 12.4. The third-order valence-corrected chi connectivity index (χ3v) is 3.73. The van der Waals surface area contributed by atoms with E-state index >= 15 is 0 Å². The van der Waals surface area contributed by atoms with Crippen LogP contribution < -0.4 is 0 Å². The standard InChI is InChI=1S/C14H13ClOS/c1-10(16)13-9-11(15)7-8-14(13)17-12-5-3-2-4-6-12/h2-10,16H,1H3. The van der Waals surface area contributed by atoms with Gasteiger partial charge in [0.1, 0.15) is 0 Å². The van der Waals surface area contributed by atoms with Gasteiger partial charge in [-0.05, 0) is 42.8 Å². The van der Waals surface area contributed by atoms with Crippen molar-refractivity contribution in [1.29, 1.82) is 0 Å². The van der Waals surface area contributed by atoms with Crippen molar-refractivity contribution in [2.45, 2.75) is 22.8 Å². The highest BCUT2D eigenvalue weighted by atomic mass is 35.5. The number of rotatable bonds is 3. The van der Waals surface area contributed by atoms with Crippen LogP contribution in [0.1, 0.15) is 18.6 Å². The summed E-state index contributed by atoms with van der Waals surface area (Å²) >= 11 is 7.58. The molecule has 2 rings (SSSR count). The summed E-state index contributed by atoms with van der Waals surface area (Å²) in [5.41, 5.74) is 0.867. The first kappa shape index (κ1) is 12.5. The van der Waals surface area contributed by atoms with Crippen molar-refractivity contribution in [3.05, 3.63) is 59.1 Å². The Kier molecular flexibility index (Phi) is 4.11. The Morgan fingerprint density at radius 3 is 2.47 bits per heavy atom. The minimum Gasteiger partial charge on any atom is -0.389 e. The molecule has 2 aromatic rings. The third-order valence-electron chi connectivity index (χ3n) is 2.39. The van der Waals surface area contributed by atoms with Gasteiger partial charge in [-0.3, -0.25) is 0 Å². The Bertz CT molecular complexity index is 497. The van der Waals surface area contributed by atoms with Gasteiger partial charge in [-0.25, -0.2) is 0 Å². The van der Waals surface area contributed by atoms with E-state index < -0.39 is 6.10 Å². The Morgan fingerprint density at radius 2 is 1.82 bits per heavy atom. The second kappa shape index (κ2) is 5.58. The molecule has 0 spiro atoms. The van der Waals surface area contributed by atoms with Crippen LogP contribution >= 0.6 is 23.4 Å². The van der Waals surface area contributed by atoms with E-state index in [1.807, 2.05) is 48.5 Å². The molecule has 2 aromatic carbocycles. The summed E-state index contributed by atoms with van der Waals surface area (Å²) in [6, 6.07) is 15.7. The predicted molar refractivity (Wildman–Crippen MR) is 72.7 cm³/mol. The molecule has 0 saturated heterocycles. The molecule has 17 heavy (non-hydrogen) atoms. The fraction of sp³-hybridized carbons (Fsp3) is 0.143. The molecule has 0 fully saturated rings. The molecular weight excluding hydrogens is 252 g/mol. The van der Waals surface area contributed by atoms with E-state index in [1.54, 1.807) is 18.7 Å². The van der Waals surface area contributed by atoms with Gasteiger partial charge in [0.25, 0.3) is 0 Å². The molecule has 0 aliphatic heterocycles. The maximum atomic E-state index is 9.74. The minimum atomic E-state index is -0.514. The van der Waals surface area contributed by atoms with Gasteiger partial charge in [0.05, 0.1) is 6.10 Å². The fourth-order valence-corrected chi connectivity index (χ4v) is 2.77. The largest absolute Gasteiger partial charge is 0.389 e. The summed E-state index contributed by atoms with van der Waals surface area (Å²) in [6.45, 7) is 1.75. The number of hydrogen-bond acceptors (Lipinski definition) is 2. The fourth-order valence-electron chi connectivity index (χ4n) is 1.55.